The predicted octanol–water partition coefficient (Wildman–Crippen LogP) is 3.91. The van der Waals surface area contributed by atoms with Crippen LogP contribution in [0.2, 0.25) is 0 Å². The van der Waals surface area contributed by atoms with Gasteiger partial charge in [0.25, 0.3) is 0 Å². The van der Waals surface area contributed by atoms with Crippen LogP contribution in [0.1, 0.15) is 47.1 Å². The molecule has 2 rings (SSSR count). The average molecular weight is 324 g/mol. The minimum Gasteiger partial charge on any atom is -0.212 e. The Kier molecular flexibility index (Phi) is 4.48. The highest BCUT2D eigenvalue weighted by molar-refractivity contribution is 7.90. The van der Waals surface area contributed by atoms with Crippen LogP contribution in [0, 0.1) is 16.7 Å². The van der Waals surface area contributed by atoms with E-state index < -0.39 is 10.0 Å². The Bertz CT molecular complexity index is 609. The Labute approximate surface area is 135 Å². The van der Waals surface area contributed by atoms with Gasteiger partial charge in [-0.3, -0.25) is 0 Å². The van der Waals surface area contributed by atoms with Crippen molar-refractivity contribution in [2.45, 2.75) is 53.3 Å². The molecule has 0 aliphatic carbocycles. The molecule has 0 bridgehead atoms. The number of hydrogen-bond acceptors (Lipinski definition) is 2. The first-order chi connectivity index (χ1) is 9.94. The lowest BCUT2D eigenvalue weighted by molar-refractivity contribution is 0.172. The number of rotatable bonds is 2. The Morgan fingerprint density at radius 2 is 1.55 bits per heavy atom. The standard InChI is InChI=1S/C18H29NO2S/c1-17(2,3)15-13-19(12-14-10-8-7-9-11-14)22(20,21)16(15)18(4,5)6/h7-11,15-16H,12-13H2,1-6H3. The molecule has 22 heavy (non-hydrogen) atoms. The molecule has 0 amide bonds. The van der Waals surface area contributed by atoms with Crippen LogP contribution in [0.5, 0.6) is 0 Å². The molecular weight excluding hydrogens is 294 g/mol. The first kappa shape index (κ1) is 17.5. The van der Waals surface area contributed by atoms with Crippen LogP contribution >= 0.6 is 0 Å². The van der Waals surface area contributed by atoms with Crippen LogP contribution < -0.4 is 0 Å². The molecule has 1 aromatic rings. The minimum atomic E-state index is -3.28. The monoisotopic (exact) mass is 323 g/mol. The normalized spacial score (nSPS) is 26.3. The number of nitrogens with zero attached hydrogens (tertiary/aromatic N) is 1. The fourth-order valence-electron chi connectivity index (χ4n) is 3.51. The molecule has 2 atom stereocenters. The van der Waals surface area contributed by atoms with Crippen molar-refractivity contribution in [1.82, 2.24) is 4.31 Å². The van der Waals surface area contributed by atoms with Gasteiger partial charge in [-0.1, -0.05) is 71.9 Å². The molecule has 0 radical (unpaired) electrons. The van der Waals surface area contributed by atoms with E-state index in [1.807, 2.05) is 51.1 Å². The number of sulfonamides is 1. The van der Waals surface area contributed by atoms with Crippen LogP contribution in [0.4, 0.5) is 0 Å². The first-order valence-electron chi connectivity index (χ1n) is 7.97. The lowest BCUT2D eigenvalue weighted by Crippen LogP contribution is -2.42. The van der Waals surface area contributed by atoms with Gasteiger partial charge in [-0.25, -0.2) is 8.42 Å². The Morgan fingerprint density at radius 1 is 1.00 bits per heavy atom. The summed E-state index contributed by atoms with van der Waals surface area (Å²) in [5.74, 6) is 0.140. The van der Waals surface area contributed by atoms with E-state index in [9.17, 15) is 8.42 Å². The highest BCUT2D eigenvalue weighted by Crippen LogP contribution is 2.46. The zero-order valence-electron chi connectivity index (χ0n) is 14.6. The zero-order chi connectivity index (χ0) is 16.8. The van der Waals surface area contributed by atoms with Crippen LogP contribution in [0.15, 0.2) is 30.3 Å². The summed E-state index contributed by atoms with van der Waals surface area (Å²) in [6, 6.07) is 9.86. The Balaban J connectivity index is 2.38. The van der Waals surface area contributed by atoms with Crippen molar-refractivity contribution < 1.29 is 8.42 Å². The van der Waals surface area contributed by atoms with E-state index in [0.29, 0.717) is 13.1 Å². The largest absolute Gasteiger partial charge is 0.218 e. The van der Waals surface area contributed by atoms with Gasteiger partial charge in [0.15, 0.2) is 0 Å². The zero-order valence-corrected chi connectivity index (χ0v) is 15.4. The number of benzene rings is 1. The third kappa shape index (κ3) is 3.38. The molecule has 2 unspecified atom stereocenters. The topological polar surface area (TPSA) is 37.4 Å². The maximum Gasteiger partial charge on any atom is 0.218 e. The highest BCUT2D eigenvalue weighted by Gasteiger charge is 2.54. The Hall–Kier alpha value is -0.870. The van der Waals surface area contributed by atoms with Gasteiger partial charge in [-0.15, -0.1) is 0 Å². The highest BCUT2D eigenvalue weighted by atomic mass is 32.2. The van der Waals surface area contributed by atoms with Crippen LogP contribution in [-0.4, -0.2) is 24.5 Å². The van der Waals surface area contributed by atoms with Gasteiger partial charge >= 0.3 is 0 Å². The minimum absolute atomic E-state index is 0.0313. The SMILES string of the molecule is CC(C)(C)C1CN(Cc2ccccc2)S(=O)(=O)C1C(C)(C)C. The van der Waals surface area contributed by atoms with Crippen molar-refractivity contribution in [2.75, 3.05) is 6.54 Å². The summed E-state index contributed by atoms with van der Waals surface area (Å²) < 4.78 is 27.9. The van der Waals surface area contributed by atoms with Crippen molar-refractivity contribution >= 4 is 10.0 Å². The maximum absolute atomic E-state index is 13.1. The molecule has 1 aliphatic heterocycles. The second-order valence-electron chi connectivity index (χ2n) is 8.58. The van der Waals surface area contributed by atoms with Crippen molar-refractivity contribution in [3.63, 3.8) is 0 Å². The lowest BCUT2D eigenvalue weighted by atomic mass is 9.71. The van der Waals surface area contributed by atoms with Crippen LogP contribution in [-0.2, 0) is 16.6 Å². The quantitative estimate of drug-likeness (QED) is 0.827. The fraction of sp³-hybridized carbons (Fsp3) is 0.667. The molecule has 1 heterocycles. The van der Waals surface area contributed by atoms with Crippen molar-refractivity contribution in [3.05, 3.63) is 35.9 Å². The summed E-state index contributed by atoms with van der Waals surface area (Å²) in [6.07, 6.45) is 0. The van der Waals surface area contributed by atoms with Gasteiger partial charge in [-0.2, -0.15) is 4.31 Å². The second-order valence-corrected chi connectivity index (χ2v) is 10.6. The molecule has 124 valence electrons. The molecule has 0 N–H and O–H groups in total. The Morgan fingerprint density at radius 3 is 1.95 bits per heavy atom. The van der Waals surface area contributed by atoms with E-state index in [4.69, 9.17) is 0 Å². The van der Waals surface area contributed by atoms with E-state index in [0.717, 1.165) is 5.56 Å². The molecule has 4 heteroatoms. The van der Waals surface area contributed by atoms with E-state index in [-0.39, 0.29) is 22.0 Å². The van der Waals surface area contributed by atoms with Gasteiger partial charge in [0, 0.05) is 13.1 Å². The van der Waals surface area contributed by atoms with Crippen molar-refractivity contribution in [1.29, 1.82) is 0 Å². The molecule has 0 saturated carbocycles. The summed E-state index contributed by atoms with van der Waals surface area (Å²) in [5, 5.41) is -0.330. The van der Waals surface area contributed by atoms with Crippen molar-refractivity contribution in [3.8, 4) is 0 Å². The molecule has 0 spiro atoms. The third-order valence-electron chi connectivity index (χ3n) is 4.61. The fourth-order valence-corrected chi connectivity index (χ4v) is 6.33. The van der Waals surface area contributed by atoms with Gasteiger partial charge in [0.2, 0.25) is 10.0 Å². The molecule has 3 nitrogen and oxygen atoms in total. The van der Waals surface area contributed by atoms with E-state index in [1.165, 1.54) is 0 Å². The van der Waals surface area contributed by atoms with Gasteiger partial charge in [-0.05, 0) is 22.3 Å². The van der Waals surface area contributed by atoms with Gasteiger partial charge in [0.05, 0.1) is 5.25 Å². The first-order valence-corrected chi connectivity index (χ1v) is 9.47. The molecule has 1 aromatic carbocycles. The summed E-state index contributed by atoms with van der Waals surface area (Å²) in [7, 11) is -3.28. The van der Waals surface area contributed by atoms with Crippen molar-refractivity contribution in [2.24, 2.45) is 16.7 Å². The summed E-state index contributed by atoms with van der Waals surface area (Å²) in [6.45, 7) is 13.7. The summed E-state index contributed by atoms with van der Waals surface area (Å²) in [5.41, 5.74) is 0.756. The maximum atomic E-state index is 13.1. The molecular formula is C18H29NO2S. The average Bonchev–Trinajstić information content (AvgIpc) is 2.62. The predicted molar refractivity (Wildman–Crippen MR) is 92.0 cm³/mol. The summed E-state index contributed by atoms with van der Waals surface area (Å²) >= 11 is 0. The molecule has 1 aliphatic rings. The smallest absolute Gasteiger partial charge is 0.212 e. The molecule has 1 fully saturated rings. The molecule has 1 saturated heterocycles. The summed E-state index contributed by atoms with van der Waals surface area (Å²) in [4.78, 5) is 0. The van der Waals surface area contributed by atoms with E-state index >= 15 is 0 Å². The van der Waals surface area contributed by atoms with Crippen LogP contribution in [0.3, 0.4) is 0 Å². The third-order valence-corrected chi connectivity index (χ3v) is 7.29. The van der Waals surface area contributed by atoms with Gasteiger partial charge in [0.1, 0.15) is 0 Å². The molecule has 0 aromatic heterocycles. The van der Waals surface area contributed by atoms with E-state index in [1.54, 1.807) is 4.31 Å². The van der Waals surface area contributed by atoms with Gasteiger partial charge < -0.3 is 0 Å². The van der Waals surface area contributed by atoms with Crippen LogP contribution in [0.25, 0.3) is 0 Å². The number of hydrogen-bond donors (Lipinski definition) is 0. The second kappa shape index (κ2) is 5.64. The van der Waals surface area contributed by atoms with E-state index in [2.05, 4.69) is 20.8 Å². The lowest BCUT2D eigenvalue weighted by Gasteiger charge is -2.37.